The van der Waals surface area contributed by atoms with Gasteiger partial charge in [0.15, 0.2) is 0 Å². The van der Waals surface area contributed by atoms with Gasteiger partial charge in [-0.05, 0) is 39.0 Å². The summed E-state index contributed by atoms with van der Waals surface area (Å²) in [7, 11) is -4.45. The molecule has 0 aliphatic heterocycles. The molecule has 0 spiro atoms. The summed E-state index contributed by atoms with van der Waals surface area (Å²) in [6.07, 6.45) is 3.54. The quantitative estimate of drug-likeness (QED) is 0.281. The summed E-state index contributed by atoms with van der Waals surface area (Å²) in [4.78, 5) is 42.1. The molecular formula is C14H25NO6P-. The van der Waals surface area contributed by atoms with E-state index < -0.39 is 31.2 Å². The van der Waals surface area contributed by atoms with Gasteiger partial charge in [0.2, 0.25) is 0 Å². The van der Waals surface area contributed by atoms with Crippen molar-refractivity contribution < 1.29 is 28.7 Å². The molecule has 0 aromatic rings. The predicted octanol–water partition coefficient (Wildman–Crippen LogP) is 0.962. The Morgan fingerprint density at radius 2 is 2.09 bits per heavy atom. The molecule has 2 N–H and O–H groups in total. The average Bonchev–Trinajstić information content (AvgIpc) is 2.35. The second-order valence-corrected chi connectivity index (χ2v) is 7.59. The van der Waals surface area contributed by atoms with Gasteiger partial charge in [0.25, 0.3) is 0 Å². The van der Waals surface area contributed by atoms with Crippen molar-refractivity contribution in [2.45, 2.75) is 45.6 Å². The predicted molar refractivity (Wildman–Crippen MR) is 81.1 cm³/mol. The van der Waals surface area contributed by atoms with E-state index in [-0.39, 0.29) is 6.54 Å². The smallest absolute Gasteiger partial charge is 0.397 e. The lowest BCUT2D eigenvalue weighted by Crippen LogP contribution is -2.39. The molecular weight excluding hydrogens is 309 g/mol. The van der Waals surface area contributed by atoms with Gasteiger partial charge in [-0.2, -0.15) is 0 Å². The van der Waals surface area contributed by atoms with Crippen molar-refractivity contribution in [2.24, 2.45) is 5.92 Å². The third-order valence-corrected chi connectivity index (χ3v) is 3.86. The first-order valence-corrected chi connectivity index (χ1v) is 8.89. The van der Waals surface area contributed by atoms with Gasteiger partial charge in [0, 0.05) is 12.7 Å². The Kier molecular flexibility index (Phi) is 8.60. The summed E-state index contributed by atoms with van der Waals surface area (Å²) >= 11 is 0. The van der Waals surface area contributed by atoms with Crippen LogP contribution in [0.5, 0.6) is 0 Å². The molecule has 1 amide bonds. The number of allylic oxidation sites excluding steroid dienone is 1. The van der Waals surface area contributed by atoms with Crippen molar-refractivity contribution in [3.63, 3.8) is 0 Å². The molecule has 0 aromatic heterocycles. The molecule has 2 atom stereocenters. The SMILES string of the molecule is C=CC(C)CCCC(C)(C)OC(=O)C(=O)NCCP(=O)([O-])O. The lowest BCUT2D eigenvalue weighted by Gasteiger charge is -2.25. The number of hydrogen-bond donors (Lipinski definition) is 2. The van der Waals surface area contributed by atoms with Crippen LogP contribution in [0.3, 0.4) is 0 Å². The molecule has 0 rings (SSSR count). The summed E-state index contributed by atoms with van der Waals surface area (Å²) in [6, 6.07) is 0. The molecule has 7 nitrogen and oxygen atoms in total. The monoisotopic (exact) mass is 334 g/mol. The van der Waals surface area contributed by atoms with E-state index in [0.29, 0.717) is 12.3 Å². The van der Waals surface area contributed by atoms with Crippen molar-refractivity contribution in [3.05, 3.63) is 12.7 Å². The second kappa shape index (κ2) is 9.08. The highest BCUT2D eigenvalue weighted by Crippen LogP contribution is 2.26. The molecule has 0 fully saturated rings. The van der Waals surface area contributed by atoms with Crippen LogP contribution in [0.25, 0.3) is 0 Å². The van der Waals surface area contributed by atoms with E-state index in [4.69, 9.17) is 9.63 Å². The van der Waals surface area contributed by atoms with E-state index in [0.717, 1.165) is 12.8 Å². The average molecular weight is 334 g/mol. The van der Waals surface area contributed by atoms with Gasteiger partial charge in [-0.25, -0.2) is 4.79 Å². The van der Waals surface area contributed by atoms with Crippen LogP contribution in [-0.2, 0) is 18.9 Å². The number of amides is 1. The largest absolute Gasteiger partial charge is 0.779 e. The number of nitrogens with one attached hydrogen (secondary N) is 1. The van der Waals surface area contributed by atoms with E-state index >= 15 is 0 Å². The number of ether oxygens (including phenoxy) is 1. The number of rotatable bonds is 9. The molecule has 0 aromatic carbocycles. The van der Waals surface area contributed by atoms with Gasteiger partial charge >= 0.3 is 11.9 Å². The normalized spacial score (nSPS) is 15.5. The highest BCUT2D eigenvalue weighted by Gasteiger charge is 2.26. The van der Waals surface area contributed by atoms with E-state index in [1.165, 1.54) is 0 Å². The van der Waals surface area contributed by atoms with Crippen LogP contribution in [0.15, 0.2) is 12.7 Å². The van der Waals surface area contributed by atoms with Gasteiger partial charge in [-0.3, -0.25) is 4.79 Å². The minimum atomic E-state index is -4.45. The summed E-state index contributed by atoms with van der Waals surface area (Å²) in [6.45, 7) is 8.80. The zero-order valence-corrected chi connectivity index (χ0v) is 14.2. The standard InChI is InChI=1S/C14H26NO6P/c1-5-11(2)7-6-8-14(3,4)21-13(17)12(16)15-9-10-22(18,19)20/h5,11H,1,6-10H2,2-4H3,(H,15,16)(H2,18,19,20)/p-1. The molecule has 8 heteroatoms. The van der Waals surface area contributed by atoms with Crippen LogP contribution in [0.1, 0.15) is 40.0 Å². The number of hydrogen-bond acceptors (Lipinski definition) is 5. The zero-order chi connectivity index (χ0) is 17.4. The summed E-state index contributed by atoms with van der Waals surface area (Å²) < 4.78 is 15.6. The van der Waals surface area contributed by atoms with Gasteiger partial charge in [-0.15, -0.1) is 6.58 Å². The third kappa shape index (κ3) is 10.5. The fourth-order valence-electron chi connectivity index (χ4n) is 1.70. The summed E-state index contributed by atoms with van der Waals surface area (Å²) in [5, 5.41) is 2.09. The molecule has 0 aliphatic carbocycles. The highest BCUT2D eigenvalue weighted by atomic mass is 31.2. The van der Waals surface area contributed by atoms with Crippen LogP contribution in [0.4, 0.5) is 0 Å². The van der Waals surface area contributed by atoms with Crippen LogP contribution >= 0.6 is 7.60 Å². The van der Waals surface area contributed by atoms with E-state index in [2.05, 4.69) is 11.9 Å². The van der Waals surface area contributed by atoms with E-state index in [1.807, 2.05) is 13.0 Å². The van der Waals surface area contributed by atoms with Crippen molar-refractivity contribution in [3.8, 4) is 0 Å². The van der Waals surface area contributed by atoms with Crippen LogP contribution in [0, 0.1) is 5.92 Å². The number of esters is 1. The Balaban J connectivity index is 4.17. The van der Waals surface area contributed by atoms with Crippen LogP contribution in [-0.4, -0.2) is 35.1 Å². The molecule has 0 radical (unpaired) electrons. The zero-order valence-electron chi connectivity index (χ0n) is 13.3. The Morgan fingerprint density at radius 3 is 2.59 bits per heavy atom. The van der Waals surface area contributed by atoms with Crippen LogP contribution in [0.2, 0.25) is 0 Å². The van der Waals surface area contributed by atoms with Gasteiger partial charge in [0.1, 0.15) is 13.2 Å². The fraction of sp³-hybridized carbons (Fsp3) is 0.714. The molecule has 128 valence electrons. The van der Waals surface area contributed by atoms with Crippen molar-refractivity contribution in [2.75, 3.05) is 12.7 Å². The van der Waals surface area contributed by atoms with Crippen LogP contribution < -0.4 is 10.2 Å². The minimum Gasteiger partial charge on any atom is -0.779 e. The maximum Gasteiger partial charge on any atom is 0.397 e. The van der Waals surface area contributed by atoms with Gasteiger partial charge in [-0.1, -0.05) is 13.0 Å². The van der Waals surface area contributed by atoms with Crippen molar-refractivity contribution in [1.29, 1.82) is 0 Å². The fourth-order valence-corrected chi connectivity index (χ4v) is 2.09. The Labute approximate surface area is 131 Å². The first-order valence-electron chi connectivity index (χ1n) is 7.13. The van der Waals surface area contributed by atoms with E-state index in [9.17, 15) is 19.0 Å². The third-order valence-electron chi connectivity index (χ3n) is 3.07. The molecule has 22 heavy (non-hydrogen) atoms. The highest BCUT2D eigenvalue weighted by molar-refractivity contribution is 7.50. The van der Waals surface area contributed by atoms with Crippen molar-refractivity contribution in [1.82, 2.24) is 5.32 Å². The Morgan fingerprint density at radius 1 is 1.50 bits per heavy atom. The minimum absolute atomic E-state index is 0.345. The maximum atomic E-state index is 11.6. The van der Waals surface area contributed by atoms with Gasteiger partial charge < -0.3 is 24.4 Å². The number of carbonyl (C=O) groups excluding carboxylic acids is 2. The van der Waals surface area contributed by atoms with Gasteiger partial charge in [0.05, 0.1) is 0 Å². The first-order chi connectivity index (χ1) is 9.97. The number of carbonyl (C=O) groups is 2. The second-order valence-electron chi connectivity index (χ2n) is 5.87. The topological polar surface area (TPSA) is 116 Å². The molecule has 2 unspecified atom stereocenters. The maximum absolute atomic E-state index is 11.6. The molecule has 0 saturated carbocycles. The Bertz CT molecular complexity index is 443. The molecule has 0 heterocycles. The summed E-state index contributed by atoms with van der Waals surface area (Å²) in [5.74, 6) is -1.72. The Hall–Kier alpha value is -1.17. The first kappa shape index (κ1) is 20.8. The van der Waals surface area contributed by atoms with E-state index in [1.54, 1.807) is 13.8 Å². The van der Waals surface area contributed by atoms with Crippen molar-refractivity contribution >= 4 is 19.5 Å². The lowest BCUT2D eigenvalue weighted by atomic mass is 9.97. The molecule has 0 aliphatic rings. The summed E-state index contributed by atoms with van der Waals surface area (Å²) in [5.41, 5.74) is -0.792. The lowest BCUT2D eigenvalue weighted by molar-refractivity contribution is -0.193. The molecule has 0 saturated heterocycles. The molecule has 0 bridgehead atoms.